The van der Waals surface area contributed by atoms with E-state index in [0.29, 0.717) is 31.8 Å². The van der Waals surface area contributed by atoms with Crippen LogP contribution in [0.2, 0.25) is 0 Å². The van der Waals surface area contributed by atoms with Gasteiger partial charge in [0.25, 0.3) is 0 Å². The third-order valence-corrected chi connectivity index (χ3v) is 5.93. The van der Waals surface area contributed by atoms with Gasteiger partial charge in [-0.2, -0.15) is 4.99 Å². The number of piperidine rings is 1. The molecule has 4 rings (SSSR count). The Morgan fingerprint density at radius 1 is 1.14 bits per heavy atom. The number of aliphatic hydroxyl groups excluding tert-OH is 1. The molecule has 9 heteroatoms. The molecule has 0 radical (unpaired) electrons. The molecular weight excluding hydrogens is 370 g/mol. The SMILES string of the molecule is N/C(=N\C(=O)N1CCC(O)CC1)C1(c2ccc(-c3cnc(N)nc3)nc2)CCC1. The van der Waals surface area contributed by atoms with E-state index in [1.165, 1.54) is 0 Å². The minimum Gasteiger partial charge on any atom is -0.393 e. The number of hydrogen-bond donors (Lipinski definition) is 3. The Kier molecular flexibility index (Phi) is 5.14. The standard InChI is InChI=1S/C20H25N7O2/c21-17(26-19(29)27-8-4-15(28)5-9-27)20(6-1-7-20)14-2-3-16(23-12-14)13-10-24-18(22)25-11-13/h2-3,10-12,15,28H,1,4-9H2,(H2,21,26,29)(H2,22,24,25). The van der Waals surface area contributed by atoms with Crippen molar-refractivity contribution in [2.24, 2.45) is 10.7 Å². The summed E-state index contributed by atoms with van der Waals surface area (Å²) < 4.78 is 0. The van der Waals surface area contributed by atoms with Gasteiger partial charge in [0.05, 0.1) is 17.2 Å². The fourth-order valence-electron chi connectivity index (χ4n) is 3.88. The number of anilines is 1. The van der Waals surface area contributed by atoms with E-state index in [-0.39, 0.29) is 18.1 Å². The van der Waals surface area contributed by atoms with E-state index in [4.69, 9.17) is 11.5 Å². The molecule has 0 unspecified atom stereocenters. The number of nitrogens with zero attached hydrogens (tertiary/aromatic N) is 5. The van der Waals surface area contributed by atoms with Crippen LogP contribution in [0.5, 0.6) is 0 Å². The number of pyridine rings is 1. The van der Waals surface area contributed by atoms with Crippen LogP contribution < -0.4 is 11.5 Å². The van der Waals surface area contributed by atoms with Crippen LogP contribution >= 0.6 is 0 Å². The molecule has 5 N–H and O–H groups in total. The first-order valence-electron chi connectivity index (χ1n) is 9.84. The highest BCUT2D eigenvalue weighted by Gasteiger charge is 2.43. The van der Waals surface area contributed by atoms with Gasteiger partial charge in [-0.15, -0.1) is 0 Å². The molecule has 1 saturated carbocycles. The third-order valence-electron chi connectivity index (χ3n) is 5.93. The number of hydrogen-bond acceptors (Lipinski definition) is 6. The molecule has 152 valence electrons. The summed E-state index contributed by atoms with van der Waals surface area (Å²) >= 11 is 0. The third kappa shape index (κ3) is 3.77. The van der Waals surface area contributed by atoms with E-state index in [1.54, 1.807) is 23.5 Å². The second kappa shape index (κ2) is 7.75. The van der Waals surface area contributed by atoms with E-state index in [9.17, 15) is 9.90 Å². The van der Waals surface area contributed by atoms with E-state index >= 15 is 0 Å². The average Bonchev–Trinajstić information content (AvgIpc) is 2.69. The Morgan fingerprint density at radius 2 is 1.83 bits per heavy atom. The summed E-state index contributed by atoms with van der Waals surface area (Å²) in [6, 6.07) is 3.54. The molecule has 0 atom stereocenters. The van der Waals surface area contributed by atoms with Gasteiger partial charge < -0.3 is 21.5 Å². The van der Waals surface area contributed by atoms with Gasteiger partial charge in [0, 0.05) is 37.2 Å². The number of aliphatic imine (C=N–C) groups is 1. The number of amides is 2. The lowest BCUT2D eigenvalue weighted by Gasteiger charge is -2.41. The van der Waals surface area contributed by atoms with Crippen molar-refractivity contribution in [3.63, 3.8) is 0 Å². The van der Waals surface area contributed by atoms with Crippen LogP contribution in [-0.4, -0.2) is 56.0 Å². The number of amidine groups is 1. The summed E-state index contributed by atoms with van der Waals surface area (Å²) in [4.78, 5) is 30.9. The predicted molar refractivity (Wildman–Crippen MR) is 109 cm³/mol. The molecule has 3 heterocycles. The van der Waals surface area contributed by atoms with Gasteiger partial charge in [-0.05, 0) is 37.3 Å². The Morgan fingerprint density at radius 3 is 2.38 bits per heavy atom. The van der Waals surface area contributed by atoms with Crippen molar-refractivity contribution in [1.29, 1.82) is 0 Å². The zero-order chi connectivity index (χ0) is 20.4. The van der Waals surface area contributed by atoms with Crippen LogP contribution in [0, 0.1) is 0 Å². The number of aliphatic hydroxyl groups is 1. The van der Waals surface area contributed by atoms with Gasteiger partial charge >= 0.3 is 6.03 Å². The minimum atomic E-state index is -0.450. The second-order valence-electron chi connectivity index (χ2n) is 7.70. The van der Waals surface area contributed by atoms with E-state index in [0.717, 1.165) is 36.1 Å². The van der Waals surface area contributed by atoms with E-state index in [2.05, 4.69) is 19.9 Å². The molecule has 2 aliphatic rings. The van der Waals surface area contributed by atoms with Crippen LogP contribution in [0.3, 0.4) is 0 Å². The smallest absolute Gasteiger partial charge is 0.345 e. The maximum Gasteiger partial charge on any atom is 0.345 e. The normalized spacial score (nSPS) is 19.6. The molecule has 1 aliphatic carbocycles. The fourth-order valence-corrected chi connectivity index (χ4v) is 3.88. The number of nitrogen functional groups attached to an aromatic ring is 1. The van der Waals surface area contributed by atoms with Gasteiger partial charge in [-0.1, -0.05) is 12.5 Å². The summed E-state index contributed by atoms with van der Waals surface area (Å²) in [5.74, 6) is 0.556. The summed E-state index contributed by atoms with van der Waals surface area (Å²) in [7, 11) is 0. The number of nitrogens with two attached hydrogens (primary N) is 2. The molecule has 0 bridgehead atoms. The number of carbonyl (C=O) groups excluding carboxylic acids is 1. The molecule has 1 aliphatic heterocycles. The van der Waals surface area contributed by atoms with Crippen LogP contribution in [-0.2, 0) is 5.41 Å². The van der Waals surface area contributed by atoms with Crippen molar-refractivity contribution in [3.8, 4) is 11.3 Å². The van der Waals surface area contributed by atoms with Crippen molar-refractivity contribution in [3.05, 3.63) is 36.3 Å². The van der Waals surface area contributed by atoms with Crippen molar-refractivity contribution in [2.75, 3.05) is 18.8 Å². The largest absolute Gasteiger partial charge is 0.393 e. The maximum absolute atomic E-state index is 12.5. The first-order chi connectivity index (χ1) is 14.0. The Bertz CT molecular complexity index is 899. The Hall–Kier alpha value is -3.07. The zero-order valence-corrected chi connectivity index (χ0v) is 16.2. The topological polar surface area (TPSA) is 144 Å². The number of rotatable bonds is 3. The molecule has 0 spiro atoms. The summed E-state index contributed by atoms with van der Waals surface area (Å²) in [6.45, 7) is 1.01. The molecule has 2 fully saturated rings. The molecule has 1 saturated heterocycles. The predicted octanol–water partition coefficient (Wildman–Crippen LogP) is 1.48. The van der Waals surface area contributed by atoms with Gasteiger partial charge in [0.2, 0.25) is 5.95 Å². The summed E-state index contributed by atoms with van der Waals surface area (Å²) in [5, 5.41) is 9.61. The van der Waals surface area contributed by atoms with Crippen molar-refractivity contribution in [2.45, 2.75) is 43.6 Å². The number of urea groups is 1. The van der Waals surface area contributed by atoms with Crippen molar-refractivity contribution < 1.29 is 9.90 Å². The monoisotopic (exact) mass is 395 g/mol. The van der Waals surface area contributed by atoms with Crippen LogP contribution in [0.25, 0.3) is 11.3 Å². The number of carbonyl (C=O) groups is 1. The highest BCUT2D eigenvalue weighted by atomic mass is 16.3. The van der Waals surface area contributed by atoms with Gasteiger partial charge in [-0.3, -0.25) is 4.98 Å². The van der Waals surface area contributed by atoms with E-state index < -0.39 is 5.41 Å². The fraction of sp³-hybridized carbons (Fsp3) is 0.450. The molecule has 9 nitrogen and oxygen atoms in total. The van der Waals surface area contributed by atoms with Crippen LogP contribution in [0.15, 0.2) is 35.7 Å². The molecule has 2 aromatic heterocycles. The summed E-state index contributed by atoms with van der Waals surface area (Å²) in [6.07, 6.45) is 8.55. The Labute approximate surface area is 168 Å². The van der Waals surface area contributed by atoms with Gasteiger partial charge in [-0.25, -0.2) is 14.8 Å². The average molecular weight is 395 g/mol. The molecule has 2 aromatic rings. The first kappa shape index (κ1) is 19.3. The van der Waals surface area contributed by atoms with Gasteiger partial charge in [0.1, 0.15) is 5.84 Å². The lowest BCUT2D eigenvalue weighted by atomic mass is 9.64. The van der Waals surface area contributed by atoms with Gasteiger partial charge in [0.15, 0.2) is 0 Å². The van der Waals surface area contributed by atoms with Crippen molar-refractivity contribution >= 4 is 17.8 Å². The van der Waals surface area contributed by atoms with Crippen molar-refractivity contribution in [1.82, 2.24) is 19.9 Å². The molecular formula is C20H25N7O2. The maximum atomic E-state index is 12.5. The number of likely N-dealkylation sites (tertiary alicyclic amines) is 1. The lowest BCUT2D eigenvalue weighted by Crippen LogP contribution is -2.48. The van der Waals surface area contributed by atoms with E-state index in [1.807, 2.05) is 12.1 Å². The Balaban J connectivity index is 1.53. The molecule has 2 amide bonds. The lowest BCUT2D eigenvalue weighted by molar-refractivity contribution is 0.0962. The van der Waals surface area contributed by atoms with Crippen LogP contribution in [0.1, 0.15) is 37.7 Å². The highest BCUT2D eigenvalue weighted by molar-refractivity contribution is 6.00. The minimum absolute atomic E-state index is 0.218. The quantitative estimate of drug-likeness (QED) is 0.527. The molecule has 29 heavy (non-hydrogen) atoms. The summed E-state index contributed by atoms with van der Waals surface area (Å²) in [5.41, 5.74) is 13.9. The zero-order valence-electron chi connectivity index (χ0n) is 16.2. The van der Waals surface area contributed by atoms with Crippen LogP contribution in [0.4, 0.5) is 10.7 Å². The number of aromatic nitrogens is 3. The first-order valence-corrected chi connectivity index (χ1v) is 9.84. The second-order valence-corrected chi connectivity index (χ2v) is 7.70. The highest BCUT2D eigenvalue weighted by Crippen LogP contribution is 2.44. The molecule has 0 aromatic carbocycles.